The number of rotatable bonds is 7. The van der Waals surface area contributed by atoms with E-state index >= 15 is 0 Å². The van der Waals surface area contributed by atoms with Crippen LogP contribution < -0.4 is 10.0 Å². The van der Waals surface area contributed by atoms with Gasteiger partial charge < -0.3 is 5.32 Å². The molecular formula is C21H25N5O3S. The first-order chi connectivity index (χ1) is 14.1. The summed E-state index contributed by atoms with van der Waals surface area (Å²) in [6.45, 7) is 6.27. The molecule has 0 fully saturated rings. The Morgan fingerprint density at radius 1 is 1.07 bits per heavy atom. The van der Waals surface area contributed by atoms with Gasteiger partial charge in [0.25, 0.3) is 5.91 Å². The Balaban J connectivity index is 1.61. The van der Waals surface area contributed by atoms with E-state index in [2.05, 4.69) is 20.1 Å². The molecular weight excluding hydrogens is 402 g/mol. The summed E-state index contributed by atoms with van der Waals surface area (Å²) in [5.74, 6) is -0.274. The highest BCUT2D eigenvalue weighted by molar-refractivity contribution is 7.89. The van der Waals surface area contributed by atoms with Crippen LogP contribution in [0.2, 0.25) is 0 Å². The van der Waals surface area contributed by atoms with E-state index in [4.69, 9.17) is 0 Å². The van der Waals surface area contributed by atoms with Crippen LogP contribution in [-0.2, 0) is 23.1 Å². The van der Waals surface area contributed by atoms with Crippen molar-refractivity contribution < 1.29 is 13.2 Å². The molecule has 0 saturated heterocycles. The minimum Gasteiger partial charge on any atom is -0.348 e. The number of sulfonamides is 1. The van der Waals surface area contributed by atoms with Crippen molar-refractivity contribution in [2.75, 3.05) is 0 Å². The van der Waals surface area contributed by atoms with Crippen LogP contribution in [0.1, 0.15) is 42.3 Å². The van der Waals surface area contributed by atoms with E-state index in [0.717, 1.165) is 11.1 Å². The van der Waals surface area contributed by atoms with Crippen LogP contribution in [-0.4, -0.2) is 34.6 Å². The van der Waals surface area contributed by atoms with Crippen LogP contribution in [0.4, 0.5) is 0 Å². The summed E-state index contributed by atoms with van der Waals surface area (Å²) >= 11 is 0. The zero-order chi connectivity index (χ0) is 21.8. The molecule has 0 radical (unpaired) electrons. The Morgan fingerprint density at radius 2 is 1.77 bits per heavy atom. The van der Waals surface area contributed by atoms with E-state index in [0.29, 0.717) is 18.7 Å². The van der Waals surface area contributed by atoms with Crippen molar-refractivity contribution in [3.05, 3.63) is 77.9 Å². The van der Waals surface area contributed by atoms with Gasteiger partial charge in [-0.15, -0.1) is 0 Å². The minimum absolute atomic E-state index is 0.120. The summed E-state index contributed by atoms with van der Waals surface area (Å²) < 4.78 is 29.0. The van der Waals surface area contributed by atoms with Gasteiger partial charge in [-0.3, -0.25) is 4.79 Å². The molecule has 0 unspecified atom stereocenters. The normalized spacial score (nSPS) is 12.0. The predicted octanol–water partition coefficient (Wildman–Crippen LogP) is 2.33. The van der Waals surface area contributed by atoms with Crippen molar-refractivity contribution in [2.24, 2.45) is 0 Å². The molecule has 0 atom stereocenters. The molecule has 0 bridgehead atoms. The first-order valence-electron chi connectivity index (χ1n) is 9.45. The van der Waals surface area contributed by atoms with Gasteiger partial charge in [-0.05, 0) is 56.2 Å². The number of hydrogen-bond donors (Lipinski definition) is 2. The van der Waals surface area contributed by atoms with Gasteiger partial charge in [0.05, 0.1) is 11.4 Å². The van der Waals surface area contributed by atoms with Gasteiger partial charge in [-0.1, -0.05) is 24.3 Å². The zero-order valence-electron chi connectivity index (χ0n) is 17.2. The molecule has 3 rings (SSSR count). The molecule has 30 heavy (non-hydrogen) atoms. The predicted molar refractivity (Wildman–Crippen MR) is 113 cm³/mol. The lowest BCUT2D eigenvalue weighted by Gasteiger charge is -2.20. The van der Waals surface area contributed by atoms with Gasteiger partial charge in [0.1, 0.15) is 12.7 Å². The third kappa shape index (κ3) is 5.98. The van der Waals surface area contributed by atoms with E-state index in [9.17, 15) is 13.2 Å². The van der Waals surface area contributed by atoms with Gasteiger partial charge in [0.15, 0.2) is 0 Å². The summed E-state index contributed by atoms with van der Waals surface area (Å²) in [4.78, 5) is 16.5. The van der Waals surface area contributed by atoms with Crippen molar-refractivity contribution in [1.29, 1.82) is 0 Å². The van der Waals surface area contributed by atoms with E-state index in [1.807, 2.05) is 24.3 Å². The van der Waals surface area contributed by atoms with E-state index in [1.54, 1.807) is 31.8 Å². The minimum atomic E-state index is -3.64. The molecule has 0 saturated carbocycles. The molecule has 1 aromatic heterocycles. The first kappa shape index (κ1) is 21.7. The molecule has 1 amide bonds. The fourth-order valence-corrected chi connectivity index (χ4v) is 4.29. The Morgan fingerprint density at radius 3 is 2.40 bits per heavy atom. The standard InChI is InChI=1S/C21H25N5O3S/c1-21(2,3)25-30(28,29)19-9-7-18(8-10-19)20(27)23-12-16-5-4-6-17(11-16)13-26-15-22-14-24-26/h4-11,14-15,25H,12-13H2,1-3H3,(H,23,27). The smallest absolute Gasteiger partial charge is 0.251 e. The molecule has 9 heteroatoms. The summed E-state index contributed by atoms with van der Waals surface area (Å²) in [5.41, 5.74) is 1.81. The number of carbonyl (C=O) groups is 1. The lowest BCUT2D eigenvalue weighted by molar-refractivity contribution is 0.0950. The second kappa shape index (κ2) is 8.76. The van der Waals surface area contributed by atoms with Crippen molar-refractivity contribution >= 4 is 15.9 Å². The molecule has 0 spiro atoms. The van der Waals surface area contributed by atoms with E-state index < -0.39 is 15.6 Å². The molecule has 2 aromatic carbocycles. The van der Waals surface area contributed by atoms with Crippen LogP contribution in [0.25, 0.3) is 0 Å². The Kier molecular flexibility index (Phi) is 6.33. The highest BCUT2D eigenvalue weighted by Gasteiger charge is 2.22. The number of aromatic nitrogens is 3. The molecule has 158 valence electrons. The number of nitrogens with zero attached hydrogens (tertiary/aromatic N) is 3. The second-order valence-corrected chi connectivity index (χ2v) is 9.66. The molecule has 8 nitrogen and oxygen atoms in total. The average molecular weight is 428 g/mol. The van der Waals surface area contributed by atoms with Gasteiger partial charge in [0.2, 0.25) is 10.0 Å². The van der Waals surface area contributed by atoms with Crippen molar-refractivity contribution in [3.8, 4) is 0 Å². The van der Waals surface area contributed by atoms with Crippen LogP contribution in [0, 0.1) is 0 Å². The topological polar surface area (TPSA) is 106 Å². The number of hydrogen-bond acceptors (Lipinski definition) is 5. The largest absolute Gasteiger partial charge is 0.348 e. The highest BCUT2D eigenvalue weighted by Crippen LogP contribution is 2.14. The summed E-state index contributed by atoms with van der Waals surface area (Å²) in [7, 11) is -3.64. The fraction of sp³-hybridized carbons (Fsp3) is 0.286. The lowest BCUT2D eigenvalue weighted by atomic mass is 10.1. The summed E-state index contributed by atoms with van der Waals surface area (Å²) in [6, 6.07) is 13.7. The fourth-order valence-electron chi connectivity index (χ4n) is 2.87. The Labute approximate surface area is 176 Å². The maximum atomic E-state index is 12.5. The average Bonchev–Trinajstić information content (AvgIpc) is 3.18. The Bertz CT molecular complexity index is 1100. The van der Waals surface area contributed by atoms with Crippen LogP contribution in [0.3, 0.4) is 0 Å². The quantitative estimate of drug-likeness (QED) is 0.602. The van der Waals surface area contributed by atoms with Crippen LogP contribution in [0.5, 0.6) is 0 Å². The SMILES string of the molecule is CC(C)(C)NS(=O)(=O)c1ccc(C(=O)NCc2cccc(Cn3cncn3)c2)cc1. The summed E-state index contributed by atoms with van der Waals surface area (Å²) in [5, 5.41) is 6.95. The van der Waals surface area contributed by atoms with Crippen molar-refractivity contribution in [2.45, 2.75) is 44.3 Å². The third-order valence-corrected chi connectivity index (χ3v) is 5.90. The highest BCUT2D eigenvalue weighted by atomic mass is 32.2. The molecule has 2 N–H and O–H groups in total. The maximum Gasteiger partial charge on any atom is 0.251 e. The summed E-state index contributed by atoms with van der Waals surface area (Å²) in [6.07, 6.45) is 3.13. The molecule has 0 aliphatic rings. The van der Waals surface area contributed by atoms with Gasteiger partial charge in [-0.2, -0.15) is 5.10 Å². The van der Waals surface area contributed by atoms with Crippen molar-refractivity contribution in [1.82, 2.24) is 24.8 Å². The maximum absolute atomic E-state index is 12.5. The van der Waals surface area contributed by atoms with Crippen LogP contribution >= 0.6 is 0 Å². The molecule has 3 aromatic rings. The van der Waals surface area contributed by atoms with Crippen LogP contribution in [0.15, 0.2) is 66.1 Å². The monoisotopic (exact) mass is 427 g/mol. The number of carbonyl (C=O) groups excluding carboxylic acids is 1. The second-order valence-electron chi connectivity index (χ2n) is 7.98. The number of benzene rings is 2. The zero-order valence-corrected chi connectivity index (χ0v) is 18.0. The van der Waals surface area contributed by atoms with E-state index in [-0.39, 0.29) is 10.8 Å². The molecule has 1 heterocycles. The van der Waals surface area contributed by atoms with Gasteiger partial charge in [0, 0.05) is 17.6 Å². The van der Waals surface area contributed by atoms with Gasteiger partial charge in [-0.25, -0.2) is 22.8 Å². The molecule has 0 aliphatic heterocycles. The number of amides is 1. The van der Waals surface area contributed by atoms with Crippen molar-refractivity contribution in [3.63, 3.8) is 0 Å². The number of nitrogens with one attached hydrogen (secondary N) is 2. The van der Waals surface area contributed by atoms with E-state index in [1.165, 1.54) is 30.6 Å². The van der Waals surface area contributed by atoms with Gasteiger partial charge >= 0.3 is 0 Å². The third-order valence-electron chi connectivity index (χ3n) is 4.12. The first-order valence-corrected chi connectivity index (χ1v) is 10.9. The lowest BCUT2D eigenvalue weighted by Crippen LogP contribution is -2.40. The Hall–Kier alpha value is -3.04. The molecule has 0 aliphatic carbocycles.